The Balaban J connectivity index is 1.74. The highest BCUT2D eigenvalue weighted by molar-refractivity contribution is 5.84. The second-order valence-electron chi connectivity index (χ2n) is 7.20. The van der Waals surface area contributed by atoms with E-state index in [4.69, 9.17) is 4.98 Å². The van der Waals surface area contributed by atoms with Crippen molar-refractivity contribution in [2.75, 3.05) is 5.32 Å². The van der Waals surface area contributed by atoms with Gasteiger partial charge >= 0.3 is 0 Å². The summed E-state index contributed by atoms with van der Waals surface area (Å²) >= 11 is 0. The Kier molecular flexibility index (Phi) is 4.92. The molecule has 1 aromatic carbocycles. The average Bonchev–Trinajstić information content (AvgIpc) is 2.68. The van der Waals surface area contributed by atoms with E-state index in [1.807, 2.05) is 12.3 Å². The number of aromatic nitrogens is 1. The third-order valence-electron chi connectivity index (χ3n) is 5.32. The van der Waals surface area contributed by atoms with Gasteiger partial charge in [0.05, 0.1) is 0 Å². The predicted octanol–water partition coefficient (Wildman–Crippen LogP) is 6.36. The fourth-order valence-electron chi connectivity index (χ4n) is 3.93. The third-order valence-corrected chi connectivity index (χ3v) is 5.32. The first kappa shape index (κ1) is 17.7. The molecular formula is C22H23F2N3. The molecule has 2 heterocycles. The van der Waals surface area contributed by atoms with Crippen molar-refractivity contribution in [3.05, 3.63) is 65.5 Å². The number of hydrogen-bond acceptors (Lipinski definition) is 3. The van der Waals surface area contributed by atoms with E-state index >= 15 is 0 Å². The number of pyridine rings is 1. The van der Waals surface area contributed by atoms with E-state index in [2.05, 4.69) is 23.3 Å². The van der Waals surface area contributed by atoms with Crippen LogP contribution in [0, 0.1) is 0 Å². The standard InChI is InChI=1S/C22H23F2N3/c1-14-20-16(10-11-25-14)13-19(15-6-3-2-4-7-15)27-22(20)26-18-9-5-8-17(12-18)21(23)24/h5,8-13,15,21,25H,1-4,6-7H2,(H,26,27). The predicted molar refractivity (Wildman–Crippen MR) is 106 cm³/mol. The van der Waals surface area contributed by atoms with E-state index in [1.54, 1.807) is 12.1 Å². The monoisotopic (exact) mass is 367 g/mol. The van der Waals surface area contributed by atoms with Gasteiger partial charge in [-0.15, -0.1) is 0 Å². The molecule has 3 nitrogen and oxygen atoms in total. The maximum Gasteiger partial charge on any atom is 0.263 e. The molecule has 0 saturated heterocycles. The summed E-state index contributed by atoms with van der Waals surface area (Å²) in [5, 5.41) is 6.38. The minimum atomic E-state index is -2.50. The van der Waals surface area contributed by atoms with Gasteiger partial charge in [0, 0.05) is 40.3 Å². The molecule has 2 aliphatic rings. The Morgan fingerprint density at radius 2 is 1.96 bits per heavy atom. The maximum atomic E-state index is 13.1. The number of fused-ring (bicyclic) bond motifs is 1. The molecule has 0 spiro atoms. The van der Waals surface area contributed by atoms with Gasteiger partial charge < -0.3 is 10.6 Å². The third kappa shape index (κ3) is 3.72. The molecule has 1 aliphatic heterocycles. The molecule has 0 bridgehead atoms. The lowest BCUT2D eigenvalue weighted by molar-refractivity contribution is 0.151. The SMILES string of the molecule is C=C1NC=Cc2cc(C3CCCCC3)nc(Nc3cccc(C(F)F)c3)c21. The van der Waals surface area contributed by atoms with Crippen molar-refractivity contribution in [1.29, 1.82) is 0 Å². The first-order valence-electron chi connectivity index (χ1n) is 9.44. The van der Waals surface area contributed by atoms with E-state index in [1.165, 1.54) is 31.4 Å². The molecule has 0 radical (unpaired) electrons. The van der Waals surface area contributed by atoms with Crippen molar-refractivity contribution >= 4 is 23.3 Å². The summed E-state index contributed by atoms with van der Waals surface area (Å²) in [6.45, 7) is 4.08. The summed E-state index contributed by atoms with van der Waals surface area (Å²) in [5.74, 6) is 1.12. The number of nitrogens with one attached hydrogen (secondary N) is 2. The van der Waals surface area contributed by atoms with Crippen molar-refractivity contribution in [1.82, 2.24) is 10.3 Å². The van der Waals surface area contributed by atoms with Gasteiger partial charge in [-0.1, -0.05) is 38.0 Å². The lowest BCUT2D eigenvalue weighted by Crippen LogP contribution is -2.15. The highest BCUT2D eigenvalue weighted by Gasteiger charge is 2.22. The molecule has 140 valence electrons. The van der Waals surface area contributed by atoms with Gasteiger partial charge in [0.15, 0.2) is 0 Å². The quantitative estimate of drug-likeness (QED) is 0.661. The summed E-state index contributed by atoms with van der Waals surface area (Å²) in [6.07, 6.45) is 7.42. The molecule has 0 amide bonds. The fourth-order valence-corrected chi connectivity index (χ4v) is 3.93. The van der Waals surface area contributed by atoms with Crippen LogP contribution < -0.4 is 10.6 Å². The molecule has 2 aromatic rings. The molecule has 27 heavy (non-hydrogen) atoms. The molecular weight excluding hydrogens is 344 g/mol. The van der Waals surface area contributed by atoms with Crippen LogP contribution in [-0.4, -0.2) is 4.98 Å². The molecule has 1 aromatic heterocycles. The summed E-state index contributed by atoms with van der Waals surface area (Å²) in [5.41, 5.74) is 4.36. The number of benzene rings is 1. The molecule has 5 heteroatoms. The molecule has 0 unspecified atom stereocenters. The van der Waals surface area contributed by atoms with Gasteiger partial charge in [-0.2, -0.15) is 0 Å². The molecule has 2 N–H and O–H groups in total. The van der Waals surface area contributed by atoms with Crippen LogP contribution in [0.15, 0.2) is 43.1 Å². The molecule has 0 atom stereocenters. The molecule has 1 aliphatic carbocycles. The normalized spacial score (nSPS) is 16.9. The van der Waals surface area contributed by atoms with Crippen LogP contribution in [0.1, 0.15) is 66.8 Å². The molecule has 4 rings (SSSR count). The Bertz CT molecular complexity index is 883. The largest absolute Gasteiger partial charge is 0.362 e. The zero-order valence-corrected chi connectivity index (χ0v) is 15.1. The lowest BCUT2D eigenvalue weighted by atomic mass is 9.85. The minimum absolute atomic E-state index is 0.00542. The summed E-state index contributed by atoms with van der Waals surface area (Å²) in [4.78, 5) is 4.90. The topological polar surface area (TPSA) is 37.0 Å². The van der Waals surface area contributed by atoms with Crippen LogP contribution in [0.4, 0.5) is 20.3 Å². The first-order chi connectivity index (χ1) is 13.1. The number of hydrogen-bond donors (Lipinski definition) is 2. The zero-order chi connectivity index (χ0) is 18.8. The zero-order valence-electron chi connectivity index (χ0n) is 15.1. The Hall–Kier alpha value is -2.69. The summed E-state index contributed by atoms with van der Waals surface area (Å²) in [6, 6.07) is 8.46. The van der Waals surface area contributed by atoms with Crippen molar-refractivity contribution in [3.63, 3.8) is 0 Å². The van der Waals surface area contributed by atoms with E-state index in [-0.39, 0.29) is 5.56 Å². The number of halogens is 2. The smallest absolute Gasteiger partial charge is 0.263 e. The van der Waals surface area contributed by atoms with Gasteiger partial charge in [-0.05, 0) is 42.7 Å². The van der Waals surface area contributed by atoms with Gasteiger partial charge in [-0.25, -0.2) is 13.8 Å². The van der Waals surface area contributed by atoms with Crippen LogP contribution in [0.25, 0.3) is 11.8 Å². The van der Waals surface area contributed by atoms with Crippen LogP contribution in [0.5, 0.6) is 0 Å². The second kappa shape index (κ2) is 7.51. The van der Waals surface area contributed by atoms with Gasteiger partial charge in [0.1, 0.15) is 5.82 Å². The Labute approximate surface area is 158 Å². The number of nitrogens with zero attached hydrogens (tertiary/aromatic N) is 1. The second-order valence-corrected chi connectivity index (χ2v) is 7.20. The molecule has 1 fully saturated rings. The Morgan fingerprint density at radius 3 is 2.74 bits per heavy atom. The van der Waals surface area contributed by atoms with E-state index in [0.717, 1.165) is 35.4 Å². The van der Waals surface area contributed by atoms with Crippen molar-refractivity contribution in [2.24, 2.45) is 0 Å². The van der Waals surface area contributed by atoms with Crippen LogP contribution >= 0.6 is 0 Å². The number of alkyl halides is 2. The highest BCUT2D eigenvalue weighted by Crippen LogP contribution is 2.37. The van der Waals surface area contributed by atoms with Gasteiger partial charge in [0.2, 0.25) is 0 Å². The first-order valence-corrected chi connectivity index (χ1v) is 9.44. The summed E-state index contributed by atoms with van der Waals surface area (Å²) in [7, 11) is 0. The fraction of sp³-hybridized carbons (Fsp3) is 0.318. The Morgan fingerprint density at radius 1 is 1.15 bits per heavy atom. The highest BCUT2D eigenvalue weighted by atomic mass is 19.3. The number of rotatable bonds is 4. The van der Waals surface area contributed by atoms with E-state index in [0.29, 0.717) is 17.4 Å². The molecule has 1 saturated carbocycles. The minimum Gasteiger partial charge on any atom is -0.362 e. The van der Waals surface area contributed by atoms with Crippen molar-refractivity contribution in [3.8, 4) is 0 Å². The maximum absolute atomic E-state index is 13.1. The van der Waals surface area contributed by atoms with Crippen LogP contribution in [0.3, 0.4) is 0 Å². The van der Waals surface area contributed by atoms with Gasteiger partial charge in [0.25, 0.3) is 6.43 Å². The van der Waals surface area contributed by atoms with Crippen LogP contribution in [0.2, 0.25) is 0 Å². The average molecular weight is 367 g/mol. The van der Waals surface area contributed by atoms with E-state index in [9.17, 15) is 8.78 Å². The lowest BCUT2D eigenvalue weighted by Gasteiger charge is -2.25. The summed E-state index contributed by atoms with van der Waals surface area (Å²) < 4.78 is 26.1. The van der Waals surface area contributed by atoms with Crippen LogP contribution in [-0.2, 0) is 0 Å². The van der Waals surface area contributed by atoms with Gasteiger partial charge in [-0.3, -0.25) is 0 Å². The van der Waals surface area contributed by atoms with E-state index < -0.39 is 6.43 Å². The van der Waals surface area contributed by atoms with Crippen molar-refractivity contribution in [2.45, 2.75) is 44.4 Å². The van der Waals surface area contributed by atoms with Crippen molar-refractivity contribution < 1.29 is 8.78 Å². The number of anilines is 2.